The fourth-order valence-corrected chi connectivity index (χ4v) is 1.90. The first-order chi connectivity index (χ1) is 9.72. The van der Waals surface area contributed by atoms with Crippen LogP contribution in [-0.4, -0.2) is 22.6 Å². The smallest absolute Gasteiger partial charge is 0.408 e. The first-order valence-corrected chi connectivity index (χ1v) is 6.48. The number of nitrogens with zero attached hydrogens (tertiary/aromatic N) is 2. The molecule has 0 aliphatic rings. The molecular weight excluding hydrogens is 254 g/mol. The maximum Gasteiger partial charge on any atom is 0.408 e. The molecule has 1 N–H and O–H groups in total. The van der Waals surface area contributed by atoms with E-state index in [9.17, 15) is 4.79 Å². The number of aryl methyl sites for hydroxylation is 1. The maximum atomic E-state index is 11.7. The van der Waals surface area contributed by atoms with E-state index in [2.05, 4.69) is 15.3 Å². The lowest BCUT2D eigenvalue weighted by Gasteiger charge is -2.19. The molecule has 1 amide bonds. The van der Waals surface area contributed by atoms with E-state index < -0.39 is 12.2 Å². The summed E-state index contributed by atoms with van der Waals surface area (Å²) in [5, 5.41) is 2.63. The molecule has 0 bridgehead atoms. The van der Waals surface area contributed by atoms with Crippen LogP contribution in [0.4, 0.5) is 4.79 Å². The summed E-state index contributed by atoms with van der Waals surface area (Å²) in [6.45, 7) is 4.33. The van der Waals surface area contributed by atoms with Crippen LogP contribution < -0.4 is 5.32 Å². The van der Waals surface area contributed by atoms with Gasteiger partial charge in [0.15, 0.2) is 6.10 Å². The number of carbonyl (C=O) groups excluding carboxylic acids is 1. The van der Waals surface area contributed by atoms with Gasteiger partial charge in [0.25, 0.3) is 0 Å². The molecular formula is C15H17N3O2. The Bertz CT molecular complexity index is 572. The molecule has 20 heavy (non-hydrogen) atoms. The minimum absolute atomic E-state index is 0.466. The molecule has 0 saturated heterocycles. The third kappa shape index (κ3) is 3.32. The second-order valence-corrected chi connectivity index (χ2v) is 4.30. The standard InChI is InChI=1S/C15H17N3O2/c1-3-17-15(19)20-14(13-10-16-8-9-18-13)12-7-5-4-6-11(12)2/h4-10,14H,3H2,1-2H3,(H,17,19). The van der Waals surface area contributed by atoms with Gasteiger partial charge in [-0.15, -0.1) is 0 Å². The second-order valence-electron chi connectivity index (χ2n) is 4.30. The van der Waals surface area contributed by atoms with Crippen LogP contribution >= 0.6 is 0 Å². The molecule has 1 heterocycles. The van der Waals surface area contributed by atoms with E-state index in [1.807, 2.05) is 38.1 Å². The highest BCUT2D eigenvalue weighted by molar-refractivity contribution is 5.67. The monoisotopic (exact) mass is 271 g/mol. The Morgan fingerprint density at radius 1 is 1.35 bits per heavy atom. The summed E-state index contributed by atoms with van der Waals surface area (Å²) in [6.07, 6.45) is 3.76. The Labute approximate surface area is 118 Å². The lowest BCUT2D eigenvalue weighted by Crippen LogP contribution is -2.26. The van der Waals surface area contributed by atoms with Gasteiger partial charge in [0.05, 0.1) is 6.20 Å². The zero-order chi connectivity index (χ0) is 14.4. The fraction of sp³-hybridized carbons (Fsp3) is 0.267. The molecule has 0 fully saturated rings. The van der Waals surface area contributed by atoms with Gasteiger partial charge < -0.3 is 10.1 Å². The quantitative estimate of drug-likeness (QED) is 0.928. The third-order valence-corrected chi connectivity index (χ3v) is 2.87. The molecule has 0 spiro atoms. The van der Waals surface area contributed by atoms with Gasteiger partial charge in [-0.05, 0) is 19.4 Å². The molecule has 1 aromatic heterocycles. The van der Waals surface area contributed by atoms with Gasteiger partial charge in [0.1, 0.15) is 5.69 Å². The summed E-state index contributed by atoms with van der Waals surface area (Å²) in [7, 11) is 0. The van der Waals surface area contributed by atoms with Crippen LogP contribution in [0.5, 0.6) is 0 Å². The van der Waals surface area contributed by atoms with Gasteiger partial charge in [-0.3, -0.25) is 9.97 Å². The number of hydrogen-bond acceptors (Lipinski definition) is 4. The van der Waals surface area contributed by atoms with Crippen molar-refractivity contribution in [3.05, 3.63) is 59.7 Å². The van der Waals surface area contributed by atoms with Crippen LogP contribution in [-0.2, 0) is 4.74 Å². The summed E-state index contributed by atoms with van der Waals surface area (Å²) < 4.78 is 5.49. The van der Waals surface area contributed by atoms with Gasteiger partial charge >= 0.3 is 6.09 Å². The van der Waals surface area contributed by atoms with E-state index in [-0.39, 0.29) is 0 Å². The molecule has 0 radical (unpaired) electrons. The summed E-state index contributed by atoms with van der Waals surface area (Å²) in [5.74, 6) is 0. The molecule has 5 heteroatoms. The highest BCUT2D eigenvalue weighted by Gasteiger charge is 2.21. The van der Waals surface area contributed by atoms with E-state index in [1.165, 1.54) is 0 Å². The molecule has 0 saturated carbocycles. The predicted octanol–water partition coefficient (Wildman–Crippen LogP) is 2.62. The summed E-state index contributed by atoms with van der Waals surface area (Å²) in [6, 6.07) is 7.75. The van der Waals surface area contributed by atoms with Crippen molar-refractivity contribution in [2.45, 2.75) is 20.0 Å². The van der Waals surface area contributed by atoms with Gasteiger partial charge in [-0.25, -0.2) is 4.79 Å². The Morgan fingerprint density at radius 2 is 2.15 bits per heavy atom. The number of amides is 1. The predicted molar refractivity (Wildman–Crippen MR) is 75.2 cm³/mol. The Morgan fingerprint density at radius 3 is 2.80 bits per heavy atom. The van der Waals surface area contributed by atoms with Crippen molar-refractivity contribution < 1.29 is 9.53 Å². The van der Waals surface area contributed by atoms with Crippen molar-refractivity contribution in [1.82, 2.24) is 15.3 Å². The van der Waals surface area contributed by atoms with Crippen LogP contribution in [0.15, 0.2) is 42.9 Å². The number of benzene rings is 1. The third-order valence-electron chi connectivity index (χ3n) is 2.87. The summed E-state index contributed by atoms with van der Waals surface area (Å²) >= 11 is 0. The molecule has 1 aromatic carbocycles. The SMILES string of the molecule is CCNC(=O)OC(c1cnccn1)c1ccccc1C. The van der Waals surface area contributed by atoms with Crippen LogP contribution in [0, 0.1) is 6.92 Å². The van der Waals surface area contributed by atoms with Crippen molar-refractivity contribution in [3.63, 3.8) is 0 Å². The van der Waals surface area contributed by atoms with Crippen molar-refractivity contribution >= 4 is 6.09 Å². The van der Waals surface area contributed by atoms with Crippen molar-refractivity contribution in [3.8, 4) is 0 Å². The van der Waals surface area contributed by atoms with E-state index in [0.717, 1.165) is 11.1 Å². The molecule has 104 valence electrons. The topological polar surface area (TPSA) is 64.1 Å². The lowest BCUT2D eigenvalue weighted by atomic mass is 10.0. The highest BCUT2D eigenvalue weighted by atomic mass is 16.6. The lowest BCUT2D eigenvalue weighted by molar-refractivity contribution is 0.114. The minimum atomic E-state index is -0.559. The zero-order valence-electron chi connectivity index (χ0n) is 11.5. The van der Waals surface area contributed by atoms with Crippen LogP contribution in [0.3, 0.4) is 0 Å². The first-order valence-electron chi connectivity index (χ1n) is 6.48. The number of aromatic nitrogens is 2. The van der Waals surface area contributed by atoms with Gasteiger partial charge in [0.2, 0.25) is 0 Å². The van der Waals surface area contributed by atoms with E-state index in [0.29, 0.717) is 12.2 Å². The molecule has 2 rings (SSSR count). The van der Waals surface area contributed by atoms with E-state index in [4.69, 9.17) is 4.74 Å². The molecule has 1 unspecified atom stereocenters. The largest absolute Gasteiger partial charge is 0.435 e. The molecule has 0 aliphatic carbocycles. The van der Waals surface area contributed by atoms with Gasteiger partial charge in [0, 0.05) is 24.5 Å². The number of carbonyl (C=O) groups is 1. The number of alkyl carbamates (subject to hydrolysis) is 1. The normalized spacial score (nSPS) is 11.7. The number of ether oxygens (including phenoxy) is 1. The Balaban J connectivity index is 2.35. The second kappa shape index (κ2) is 6.65. The first kappa shape index (κ1) is 14.0. The minimum Gasteiger partial charge on any atom is -0.435 e. The van der Waals surface area contributed by atoms with Crippen molar-refractivity contribution in [2.24, 2.45) is 0 Å². The average molecular weight is 271 g/mol. The molecule has 2 aromatic rings. The average Bonchev–Trinajstić information content (AvgIpc) is 2.47. The van der Waals surface area contributed by atoms with Crippen LogP contribution in [0.25, 0.3) is 0 Å². The van der Waals surface area contributed by atoms with Crippen molar-refractivity contribution in [2.75, 3.05) is 6.54 Å². The Kier molecular flexibility index (Phi) is 4.65. The number of nitrogens with one attached hydrogen (secondary N) is 1. The summed E-state index contributed by atoms with van der Waals surface area (Å²) in [5.41, 5.74) is 2.54. The maximum absolute atomic E-state index is 11.7. The van der Waals surface area contributed by atoms with E-state index in [1.54, 1.807) is 18.6 Å². The van der Waals surface area contributed by atoms with E-state index >= 15 is 0 Å². The summed E-state index contributed by atoms with van der Waals surface area (Å²) in [4.78, 5) is 20.0. The van der Waals surface area contributed by atoms with Gasteiger partial charge in [-0.2, -0.15) is 0 Å². The molecule has 0 aliphatic heterocycles. The Hall–Kier alpha value is -2.43. The zero-order valence-corrected chi connectivity index (χ0v) is 11.5. The molecule has 5 nitrogen and oxygen atoms in total. The number of rotatable bonds is 4. The van der Waals surface area contributed by atoms with Crippen molar-refractivity contribution in [1.29, 1.82) is 0 Å². The highest BCUT2D eigenvalue weighted by Crippen LogP contribution is 2.26. The van der Waals surface area contributed by atoms with Gasteiger partial charge in [-0.1, -0.05) is 24.3 Å². The number of hydrogen-bond donors (Lipinski definition) is 1. The molecule has 1 atom stereocenters. The van der Waals surface area contributed by atoms with Crippen LogP contribution in [0.2, 0.25) is 0 Å². The fourth-order valence-electron chi connectivity index (χ4n) is 1.90. The van der Waals surface area contributed by atoms with Crippen LogP contribution in [0.1, 0.15) is 29.8 Å².